The van der Waals surface area contributed by atoms with Gasteiger partial charge in [-0.15, -0.1) is 12.4 Å². The highest BCUT2D eigenvalue weighted by Crippen LogP contribution is 2.17. The third kappa shape index (κ3) is 8.98. The summed E-state index contributed by atoms with van der Waals surface area (Å²) < 4.78 is 10.9. The summed E-state index contributed by atoms with van der Waals surface area (Å²) in [5.41, 5.74) is 4.80. The van der Waals surface area contributed by atoms with E-state index in [1.54, 1.807) is 6.20 Å². The Kier molecular flexibility index (Phi) is 12.4. The third-order valence-corrected chi connectivity index (χ3v) is 5.29. The minimum absolute atomic E-state index is 0. The highest BCUT2D eigenvalue weighted by Gasteiger charge is 2.18. The smallest absolute Gasteiger partial charge is 0.323 e. The summed E-state index contributed by atoms with van der Waals surface area (Å²) >= 11 is 0. The quantitative estimate of drug-likeness (QED) is 0.149. The van der Waals surface area contributed by atoms with Gasteiger partial charge in [0.15, 0.2) is 6.61 Å². The van der Waals surface area contributed by atoms with Crippen LogP contribution in [-0.2, 0) is 20.8 Å². The zero-order valence-electron chi connectivity index (χ0n) is 21.0. The molecule has 0 aliphatic heterocycles. The van der Waals surface area contributed by atoms with Gasteiger partial charge in [-0.1, -0.05) is 54.5 Å². The van der Waals surface area contributed by atoms with Crippen LogP contribution in [0.25, 0.3) is 11.3 Å². The number of hydrogen-bond donors (Lipinski definition) is 1. The number of ether oxygens (including phenoxy) is 2. The molecule has 0 bridgehead atoms. The van der Waals surface area contributed by atoms with E-state index >= 15 is 0 Å². The molecule has 0 saturated carbocycles. The minimum atomic E-state index is -0.354. The predicted octanol–water partition coefficient (Wildman–Crippen LogP) is 5.07. The number of nitrogens with zero attached hydrogens (tertiary/aromatic N) is 2. The molecular weight excluding hydrogens is 478 g/mol. The molecule has 1 atom stereocenters. The Morgan fingerprint density at radius 1 is 1.00 bits per heavy atom. The lowest BCUT2D eigenvalue weighted by atomic mass is 10.1. The van der Waals surface area contributed by atoms with Crippen LogP contribution < -0.4 is 10.1 Å². The van der Waals surface area contributed by atoms with Gasteiger partial charge in [-0.25, -0.2) is 0 Å². The monoisotopic (exact) mass is 511 g/mol. The molecule has 2 aromatic carbocycles. The molecule has 0 aliphatic carbocycles. The summed E-state index contributed by atoms with van der Waals surface area (Å²) in [5, 5.41) is 7.37. The van der Waals surface area contributed by atoms with Crippen LogP contribution >= 0.6 is 12.4 Å². The minimum Gasteiger partial charge on any atom is -0.490 e. The van der Waals surface area contributed by atoms with Gasteiger partial charge in [-0.3, -0.25) is 9.78 Å². The zero-order chi connectivity index (χ0) is 24.9. The first kappa shape index (κ1) is 28.8. The fourth-order valence-electron chi connectivity index (χ4n) is 3.49. The van der Waals surface area contributed by atoms with Crippen LogP contribution in [0.3, 0.4) is 0 Å². The number of benzene rings is 2. The van der Waals surface area contributed by atoms with Crippen molar-refractivity contribution in [1.29, 1.82) is 0 Å². The van der Waals surface area contributed by atoms with Gasteiger partial charge in [-0.05, 0) is 62.2 Å². The third-order valence-electron chi connectivity index (χ3n) is 5.29. The van der Waals surface area contributed by atoms with Crippen LogP contribution in [0.2, 0.25) is 0 Å². The van der Waals surface area contributed by atoms with E-state index in [-0.39, 0.29) is 24.4 Å². The molecule has 8 heteroatoms. The number of rotatable bonds is 13. The number of nitrogens with one attached hydrogen (secondary N) is 1. The average Bonchev–Trinajstić information content (AvgIpc) is 2.90. The molecule has 3 aromatic rings. The molecule has 1 unspecified atom stereocenters. The Bertz CT molecular complexity index is 1070. The number of aromatic nitrogens is 1. The summed E-state index contributed by atoms with van der Waals surface area (Å²) in [6.45, 7) is 7.46. The number of pyridine rings is 1. The van der Waals surface area contributed by atoms with E-state index in [1.807, 2.05) is 87.5 Å². The van der Waals surface area contributed by atoms with Gasteiger partial charge in [0, 0.05) is 11.8 Å². The lowest BCUT2D eigenvalue weighted by Crippen LogP contribution is -2.39. The lowest BCUT2D eigenvalue weighted by molar-refractivity contribution is -0.145. The first-order chi connectivity index (χ1) is 17.1. The Balaban J connectivity index is 0.00000456. The van der Waals surface area contributed by atoms with Gasteiger partial charge in [0.05, 0.1) is 18.0 Å². The van der Waals surface area contributed by atoms with Crippen molar-refractivity contribution in [2.75, 3.05) is 26.4 Å². The van der Waals surface area contributed by atoms with E-state index < -0.39 is 0 Å². The fraction of sp³-hybridized carbons (Fsp3) is 0.321. The second kappa shape index (κ2) is 15.5. The average molecular weight is 512 g/mol. The van der Waals surface area contributed by atoms with Crippen molar-refractivity contribution in [1.82, 2.24) is 10.3 Å². The van der Waals surface area contributed by atoms with E-state index in [0.29, 0.717) is 32.8 Å². The van der Waals surface area contributed by atoms with Crippen molar-refractivity contribution in [3.05, 3.63) is 84.1 Å². The first-order valence-electron chi connectivity index (χ1n) is 11.9. The first-order valence-corrected chi connectivity index (χ1v) is 11.9. The van der Waals surface area contributed by atoms with Crippen LogP contribution in [0.1, 0.15) is 31.9 Å². The molecule has 192 valence electrons. The van der Waals surface area contributed by atoms with Crippen molar-refractivity contribution in [2.24, 2.45) is 5.16 Å². The van der Waals surface area contributed by atoms with E-state index in [4.69, 9.17) is 14.3 Å². The molecule has 1 N–H and O–H groups in total. The molecule has 0 spiro atoms. The van der Waals surface area contributed by atoms with Gasteiger partial charge >= 0.3 is 5.97 Å². The number of carbonyl (C=O) groups is 1. The molecular formula is C28H34ClN3O4. The van der Waals surface area contributed by atoms with Crippen molar-refractivity contribution >= 4 is 24.1 Å². The van der Waals surface area contributed by atoms with Crippen LogP contribution in [0.15, 0.2) is 78.1 Å². The number of oxime groups is 1. The van der Waals surface area contributed by atoms with Gasteiger partial charge in [0.1, 0.15) is 18.4 Å². The second-order valence-corrected chi connectivity index (χ2v) is 7.86. The van der Waals surface area contributed by atoms with Crippen molar-refractivity contribution in [3.63, 3.8) is 0 Å². The summed E-state index contributed by atoms with van der Waals surface area (Å²) in [6.07, 6.45) is 2.35. The molecule has 3 rings (SSSR count). The SMILES string of the molecule is CCNC(Cc1ccc(OCCO/N=C(\C)c2ccc(-c3ccccn3)cc2)cc1)C(=O)OCC.Cl. The predicted molar refractivity (Wildman–Crippen MR) is 145 cm³/mol. The Morgan fingerprint density at radius 3 is 2.39 bits per heavy atom. The van der Waals surface area contributed by atoms with Crippen molar-refractivity contribution in [3.8, 4) is 17.0 Å². The Labute approximate surface area is 219 Å². The highest BCUT2D eigenvalue weighted by atomic mass is 35.5. The number of hydrogen-bond acceptors (Lipinski definition) is 7. The van der Waals surface area contributed by atoms with Crippen molar-refractivity contribution in [2.45, 2.75) is 33.2 Å². The standard InChI is InChI=1S/C28H33N3O4.ClH/c1-4-29-27(28(32)33-5-2)20-22-9-15-25(16-10-22)34-18-19-35-31-21(3)23-11-13-24(14-12-23)26-8-6-7-17-30-26;/h6-17,27,29H,4-5,18-20H2,1-3H3;1H/b31-21+;. The maximum atomic E-state index is 12.1. The normalized spacial score (nSPS) is 11.8. The maximum absolute atomic E-state index is 12.1. The van der Waals surface area contributed by atoms with E-state index in [2.05, 4.69) is 15.5 Å². The Morgan fingerprint density at radius 2 is 1.75 bits per heavy atom. The van der Waals surface area contributed by atoms with E-state index in [0.717, 1.165) is 33.8 Å². The lowest BCUT2D eigenvalue weighted by Gasteiger charge is -2.16. The molecule has 0 saturated heterocycles. The molecule has 0 radical (unpaired) electrons. The maximum Gasteiger partial charge on any atom is 0.323 e. The summed E-state index contributed by atoms with van der Waals surface area (Å²) in [7, 11) is 0. The van der Waals surface area contributed by atoms with Gasteiger partial charge < -0.3 is 19.6 Å². The number of carbonyl (C=O) groups excluding carboxylic acids is 1. The zero-order valence-corrected chi connectivity index (χ0v) is 21.8. The van der Waals surface area contributed by atoms with Crippen LogP contribution in [0.5, 0.6) is 5.75 Å². The van der Waals surface area contributed by atoms with E-state index in [9.17, 15) is 4.79 Å². The summed E-state index contributed by atoms with van der Waals surface area (Å²) in [6, 6.07) is 21.3. The second-order valence-electron chi connectivity index (χ2n) is 7.86. The molecule has 7 nitrogen and oxygen atoms in total. The number of halogens is 1. The summed E-state index contributed by atoms with van der Waals surface area (Å²) in [4.78, 5) is 21.9. The van der Waals surface area contributed by atoms with Gasteiger partial charge in [0.25, 0.3) is 0 Å². The highest BCUT2D eigenvalue weighted by molar-refractivity contribution is 5.98. The molecule has 36 heavy (non-hydrogen) atoms. The number of likely N-dealkylation sites (N-methyl/N-ethyl adjacent to an activating group) is 1. The molecule has 0 amide bonds. The van der Waals surface area contributed by atoms with Gasteiger partial charge in [0.2, 0.25) is 0 Å². The number of esters is 1. The molecule has 0 aliphatic rings. The van der Waals surface area contributed by atoms with E-state index in [1.165, 1.54) is 0 Å². The largest absolute Gasteiger partial charge is 0.490 e. The Hall–Kier alpha value is -3.42. The molecule has 0 fully saturated rings. The van der Waals surface area contributed by atoms with Crippen molar-refractivity contribution < 1.29 is 19.1 Å². The topological polar surface area (TPSA) is 82.0 Å². The van der Waals surface area contributed by atoms with Gasteiger partial charge in [-0.2, -0.15) is 0 Å². The van der Waals surface area contributed by atoms with Crippen LogP contribution in [0.4, 0.5) is 0 Å². The molecule has 1 heterocycles. The van der Waals surface area contributed by atoms with Crippen LogP contribution in [0, 0.1) is 0 Å². The summed E-state index contributed by atoms with van der Waals surface area (Å²) in [5.74, 6) is 0.506. The molecule has 1 aromatic heterocycles. The van der Waals surface area contributed by atoms with Crippen LogP contribution in [-0.4, -0.2) is 49.1 Å². The fourth-order valence-corrected chi connectivity index (χ4v) is 3.49.